The monoisotopic (exact) mass is 384 g/mol. The molecule has 0 radical (unpaired) electrons. The highest BCUT2D eigenvalue weighted by Gasteiger charge is 2.48. The van der Waals surface area contributed by atoms with E-state index in [1.54, 1.807) is 17.0 Å². The van der Waals surface area contributed by atoms with E-state index >= 15 is 0 Å². The van der Waals surface area contributed by atoms with Gasteiger partial charge in [-0.3, -0.25) is 5.10 Å². The molecule has 0 aromatic carbocycles. The van der Waals surface area contributed by atoms with Gasteiger partial charge in [-0.1, -0.05) is 0 Å². The van der Waals surface area contributed by atoms with Crippen LogP contribution in [-0.4, -0.2) is 67.8 Å². The molecular weight excluding hydrogens is 363 g/mol. The van der Waals surface area contributed by atoms with Crippen molar-refractivity contribution in [3.63, 3.8) is 0 Å². The second-order valence-electron chi connectivity index (χ2n) is 7.81. The van der Waals surface area contributed by atoms with Crippen molar-refractivity contribution in [3.05, 3.63) is 18.7 Å². The Bertz CT molecular complexity index is 1000. The first-order chi connectivity index (χ1) is 13.8. The van der Waals surface area contributed by atoms with Gasteiger partial charge < -0.3 is 15.0 Å². The molecule has 146 valence electrons. The largest absolute Gasteiger partial charge is 0.378 e. The Kier molecular flexibility index (Phi) is 3.55. The zero-order chi connectivity index (χ0) is 18.7. The minimum Gasteiger partial charge on any atom is -0.378 e. The summed E-state index contributed by atoms with van der Waals surface area (Å²) in [5, 5.41) is 14.6. The lowest BCUT2D eigenvalue weighted by Gasteiger charge is -2.26. The summed E-state index contributed by atoms with van der Waals surface area (Å²) in [6.07, 6.45) is 7.22. The van der Waals surface area contributed by atoms with Crippen LogP contribution < -0.4 is 10.2 Å². The second-order valence-corrected chi connectivity index (χ2v) is 7.81. The zero-order valence-corrected chi connectivity index (χ0v) is 15.3. The Balaban J connectivity index is 1.43. The summed E-state index contributed by atoms with van der Waals surface area (Å²) in [5.74, 6) is 1.20. The van der Waals surface area contributed by atoms with Gasteiger partial charge in [0.1, 0.15) is 23.9 Å². The fourth-order valence-electron chi connectivity index (χ4n) is 4.47. The summed E-state index contributed by atoms with van der Waals surface area (Å²) in [7, 11) is 0. The number of ether oxygens (including phenoxy) is 1. The van der Waals surface area contributed by atoms with Crippen LogP contribution in [-0.2, 0) is 4.74 Å². The van der Waals surface area contributed by atoms with Crippen LogP contribution in [0.5, 0.6) is 0 Å². The first-order valence-corrected chi connectivity index (χ1v) is 9.77. The molecule has 28 heavy (non-hydrogen) atoms. The van der Waals surface area contributed by atoms with Crippen molar-refractivity contribution in [1.29, 1.82) is 0 Å². The van der Waals surface area contributed by atoms with E-state index in [0.717, 1.165) is 35.1 Å². The zero-order valence-electron chi connectivity index (χ0n) is 15.3. The Labute approximate surface area is 160 Å². The number of alkyl halides is 1. The van der Waals surface area contributed by atoms with E-state index in [4.69, 9.17) is 9.72 Å². The lowest BCUT2D eigenvalue weighted by molar-refractivity contribution is 0.0284. The molecule has 4 atom stereocenters. The normalized spacial score (nSPS) is 29.2. The Morgan fingerprint density at radius 1 is 1.32 bits per heavy atom. The molecule has 1 saturated carbocycles. The molecule has 0 amide bonds. The molecule has 3 aromatic rings. The van der Waals surface area contributed by atoms with Crippen LogP contribution in [0.3, 0.4) is 0 Å². The Morgan fingerprint density at radius 3 is 3.04 bits per heavy atom. The van der Waals surface area contributed by atoms with Gasteiger partial charge in [-0.15, -0.1) is 5.10 Å². The van der Waals surface area contributed by atoms with Crippen molar-refractivity contribution in [2.24, 2.45) is 5.92 Å². The summed E-state index contributed by atoms with van der Waals surface area (Å²) in [5.41, 5.74) is 3.50. The van der Waals surface area contributed by atoms with Crippen molar-refractivity contribution in [2.75, 3.05) is 30.0 Å². The summed E-state index contributed by atoms with van der Waals surface area (Å²) in [6, 6.07) is 0.216. The minimum absolute atomic E-state index is 0.110. The van der Waals surface area contributed by atoms with Gasteiger partial charge in [0.15, 0.2) is 5.65 Å². The molecule has 0 spiro atoms. The van der Waals surface area contributed by atoms with Crippen molar-refractivity contribution in [2.45, 2.75) is 37.5 Å². The van der Waals surface area contributed by atoms with Gasteiger partial charge in [0, 0.05) is 31.0 Å². The van der Waals surface area contributed by atoms with Crippen LogP contribution >= 0.6 is 0 Å². The molecule has 0 bridgehead atoms. The van der Waals surface area contributed by atoms with E-state index in [-0.39, 0.29) is 12.6 Å². The standard InChI is InChI=1S/C18H21FN8O/c19-12-8-28-4-2-13(12)23-18-24-17-16(26-3-1-10-5-14(10)26)15(11-6-21-22-7-11)20-9-27(17)25-18/h6-7,9-10,12-14H,1-5,8H2,(H,21,22)(H,23,25)/t10?,12-,13+,14?/m1/s1. The van der Waals surface area contributed by atoms with E-state index in [2.05, 4.69) is 30.5 Å². The average Bonchev–Trinajstić information content (AvgIpc) is 3.10. The van der Waals surface area contributed by atoms with E-state index in [1.165, 1.54) is 12.8 Å². The number of piperidine rings is 1. The molecule has 3 aliphatic rings. The number of halogens is 1. The highest BCUT2D eigenvalue weighted by atomic mass is 19.1. The molecule has 10 heteroatoms. The number of nitrogens with zero attached hydrogens (tertiary/aromatic N) is 6. The SMILES string of the molecule is F[C@@H]1COCC[C@@H]1Nc1nc2c(N3CCC4CC43)c(-c3cn[nH]c3)ncn2n1. The molecular formula is C18H21FN8O. The lowest BCUT2D eigenvalue weighted by atomic mass is 10.1. The number of anilines is 2. The molecule has 2 aliphatic heterocycles. The quantitative estimate of drug-likeness (QED) is 0.706. The maximum absolute atomic E-state index is 14.1. The summed E-state index contributed by atoms with van der Waals surface area (Å²) < 4.78 is 21.0. The summed E-state index contributed by atoms with van der Waals surface area (Å²) >= 11 is 0. The molecule has 9 nitrogen and oxygen atoms in total. The van der Waals surface area contributed by atoms with Crippen molar-refractivity contribution < 1.29 is 9.13 Å². The van der Waals surface area contributed by atoms with Gasteiger partial charge in [-0.2, -0.15) is 14.6 Å². The number of hydrogen-bond acceptors (Lipinski definition) is 7. The van der Waals surface area contributed by atoms with E-state index in [0.29, 0.717) is 25.0 Å². The molecule has 2 saturated heterocycles. The molecule has 3 aromatic heterocycles. The van der Waals surface area contributed by atoms with E-state index < -0.39 is 6.17 Å². The smallest absolute Gasteiger partial charge is 0.243 e. The number of fused-ring (bicyclic) bond motifs is 2. The topological polar surface area (TPSA) is 96.3 Å². The maximum atomic E-state index is 14.1. The number of rotatable bonds is 4. The first kappa shape index (κ1) is 16.2. The second kappa shape index (κ2) is 6.13. The maximum Gasteiger partial charge on any atom is 0.243 e. The van der Waals surface area contributed by atoms with E-state index in [1.807, 2.05) is 6.20 Å². The predicted molar refractivity (Wildman–Crippen MR) is 100.0 cm³/mol. The third-order valence-electron chi connectivity index (χ3n) is 6.05. The van der Waals surface area contributed by atoms with E-state index in [9.17, 15) is 4.39 Å². The first-order valence-electron chi connectivity index (χ1n) is 9.77. The minimum atomic E-state index is -1.06. The molecule has 3 fully saturated rings. The predicted octanol–water partition coefficient (Wildman–Crippen LogP) is 1.65. The van der Waals surface area contributed by atoms with Crippen LogP contribution in [0, 0.1) is 5.92 Å². The number of aromatic amines is 1. The third-order valence-corrected chi connectivity index (χ3v) is 6.05. The number of aromatic nitrogens is 6. The molecule has 2 unspecified atom stereocenters. The molecule has 2 N–H and O–H groups in total. The summed E-state index contributed by atoms with van der Waals surface area (Å²) in [4.78, 5) is 11.8. The van der Waals surface area contributed by atoms with Gasteiger partial charge in [0.05, 0.1) is 18.8 Å². The van der Waals surface area contributed by atoms with Gasteiger partial charge in [0.2, 0.25) is 5.95 Å². The van der Waals surface area contributed by atoms with Crippen LogP contribution in [0.25, 0.3) is 16.9 Å². The number of nitrogens with one attached hydrogen (secondary N) is 2. The van der Waals surface area contributed by atoms with Gasteiger partial charge >= 0.3 is 0 Å². The van der Waals surface area contributed by atoms with Crippen molar-refractivity contribution >= 4 is 17.3 Å². The Hall–Kier alpha value is -2.75. The van der Waals surface area contributed by atoms with Gasteiger partial charge in [-0.05, 0) is 25.2 Å². The van der Waals surface area contributed by atoms with Crippen molar-refractivity contribution in [1.82, 2.24) is 29.8 Å². The molecule has 5 heterocycles. The lowest BCUT2D eigenvalue weighted by Crippen LogP contribution is -2.39. The van der Waals surface area contributed by atoms with Gasteiger partial charge in [-0.25, -0.2) is 9.37 Å². The van der Waals surface area contributed by atoms with Crippen LogP contribution in [0.4, 0.5) is 16.0 Å². The van der Waals surface area contributed by atoms with Gasteiger partial charge in [0.25, 0.3) is 0 Å². The number of hydrogen-bond donors (Lipinski definition) is 2. The highest BCUT2D eigenvalue weighted by Crippen LogP contribution is 2.49. The Morgan fingerprint density at radius 2 is 2.29 bits per heavy atom. The molecule has 6 rings (SSSR count). The highest BCUT2D eigenvalue weighted by molar-refractivity contribution is 5.86. The fraction of sp³-hybridized carbons (Fsp3) is 0.556. The summed E-state index contributed by atoms with van der Waals surface area (Å²) in [6.45, 7) is 1.64. The third kappa shape index (κ3) is 2.55. The average molecular weight is 384 g/mol. The van der Waals surface area contributed by atoms with Crippen LogP contribution in [0.1, 0.15) is 19.3 Å². The van der Waals surface area contributed by atoms with Crippen LogP contribution in [0.2, 0.25) is 0 Å². The van der Waals surface area contributed by atoms with Crippen molar-refractivity contribution in [3.8, 4) is 11.3 Å². The number of H-pyrrole nitrogens is 1. The fourth-order valence-corrected chi connectivity index (χ4v) is 4.47. The van der Waals surface area contributed by atoms with Crippen LogP contribution in [0.15, 0.2) is 18.7 Å². The molecule has 1 aliphatic carbocycles.